The first-order valence-electron chi connectivity index (χ1n) is 9.84. The Bertz CT molecular complexity index is 1300. The van der Waals surface area contributed by atoms with Crippen molar-refractivity contribution in [2.24, 2.45) is 5.73 Å². The number of carbonyl (C=O) groups is 1. The molecule has 1 amide bonds. The van der Waals surface area contributed by atoms with Gasteiger partial charge >= 0.3 is 0 Å². The number of nitrogens with one attached hydrogen (secondary N) is 1. The number of nitrogens with two attached hydrogens (primary N) is 2. The molecule has 0 atom stereocenters. The third-order valence-corrected chi connectivity index (χ3v) is 4.82. The topological polar surface area (TPSA) is 173 Å². The molecule has 0 bridgehead atoms. The Hall–Kier alpha value is -4.38. The number of hydrogen-bond donors (Lipinski definition) is 4. The van der Waals surface area contributed by atoms with E-state index < -0.39 is 11.7 Å². The zero-order valence-corrected chi connectivity index (χ0v) is 18.2. The molecule has 10 nitrogen and oxygen atoms in total. The lowest BCUT2D eigenvalue weighted by atomic mass is 9.97. The Kier molecular flexibility index (Phi) is 6.64. The molecule has 0 saturated heterocycles. The molecule has 2 aromatic heterocycles. The lowest BCUT2D eigenvalue weighted by molar-refractivity contribution is 0.100. The maximum absolute atomic E-state index is 14.4. The SMILES string of the molecule is CC(C)n1cc(-c2nc(Nc3ccc(C(N)=O)c(-c4ccccc4N)c3)ncc2F)nn1.N. The molecular weight excluding hydrogens is 425 g/mol. The summed E-state index contributed by atoms with van der Waals surface area (Å²) in [7, 11) is 0. The van der Waals surface area contributed by atoms with Gasteiger partial charge in [-0.15, -0.1) is 5.10 Å². The normalized spacial score (nSPS) is 10.7. The summed E-state index contributed by atoms with van der Waals surface area (Å²) in [4.78, 5) is 20.2. The lowest BCUT2D eigenvalue weighted by Crippen LogP contribution is -2.13. The van der Waals surface area contributed by atoms with E-state index in [2.05, 4.69) is 25.6 Å². The molecule has 2 heterocycles. The first kappa shape index (κ1) is 23.3. The Balaban J connectivity index is 0.00000306. The zero-order valence-electron chi connectivity index (χ0n) is 18.2. The van der Waals surface area contributed by atoms with Gasteiger partial charge in [0.05, 0.1) is 12.4 Å². The van der Waals surface area contributed by atoms with E-state index in [1.807, 2.05) is 19.9 Å². The largest absolute Gasteiger partial charge is 0.398 e. The lowest BCUT2D eigenvalue weighted by Gasteiger charge is -2.13. The summed E-state index contributed by atoms with van der Waals surface area (Å²) in [6, 6.07) is 12.2. The van der Waals surface area contributed by atoms with E-state index in [0.717, 1.165) is 6.20 Å². The van der Waals surface area contributed by atoms with Crippen LogP contribution in [0.3, 0.4) is 0 Å². The number of aromatic nitrogens is 5. The van der Waals surface area contributed by atoms with Gasteiger partial charge in [0.2, 0.25) is 11.9 Å². The van der Waals surface area contributed by atoms with E-state index in [0.29, 0.717) is 33.8 Å². The van der Waals surface area contributed by atoms with Gasteiger partial charge in [-0.2, -0.15) is 0 Å². The van der Waals surface area contributed by atoms with Crippen LogP contribution in [0.5, 0.6) is 0 Å². The second-order valence-electron chi connectivity index (χ2n) is 7.40. The summed E-state index contributed by atoms with van der Waals surface area (Å²) in [6.45, 7) is 3.88. The van der Waals surface area contributed by atoms with Gasteiger partial charge in [-0.1, -0.05) is 23.4 Å². The van der Waals surface area contributed by atoms with Crippen LogP contribution in [0, 0.1) is 5.82 Å². The number of amides is 1. The molecular formula is C22H24FN9O. The predicted molar refractivity (Wildman–Crippen MR) is 125 cm³/mol. The smallest absolute Gasteiger partial charge is 0.249 e. The highest BCUT2D eigenvalue weighted by atomic mass is 19.1. The highest BCUT2D eigenvalue weighted by Gasteiger charge is 2.16. The van der Waals surface area contributed by atoms with Gasteiger partial charge in [-0.3, -0.25) is 4.79 Å². The monoisotopic (exact) mass is 449 g/mol. The van der Waals surface area contributed by atoms with Crippen molar-refractivity contribution in [1.29, 1.82) is 0 Å². The Morgan fingerprint density at radius 2 is 1.91 bits per heavy atom. The van der Waals surface area contributed by atoms with Crippen LogP contribution in [0.4, 0.5) is 21.7 Å². The van der Waals surface area contributed by atoms with Gasteiger partial charge in [-0.25, -0.2) is 19.0 Å². The van der Waals surface area contributed by atoms with Crippen LogP contribution >= 0.6 is 0 Å². The number of primary amides is 1. The van der Waals surface area contributed by atoms with E-state index in [4.69, 9.17) is 11.5 Å². The third kappa shape index (κ3) is 4.77. The molecule has 11 heteroatoms. The van der Waals surface area contributed by atoms with Gasteiger partial charge < -0.3 is 22.9 Å². The number of nitrogen functional groups attached to an aromatic ring is 1. The number of nitrogens with zero attached hydrogens (tertiary/aromatic N) is 5. The highest BCUT2D eigenvalue weighted by Crippen LogP contribution is 2.32. The van der Waals surface area contributed by atoms with Gasteiger partial charge in [0.15, 0.2) is 5.82 Å². The minimum absolute atomic E-state index is 0. The summed E-state index contributed by atoms with van der Waals surface area (Å²) in [5.41, 5.74) is 14.6. The molecule has 0 spiro atoms. The molecule has 0 aliphatic carbocycles. The standard InChI is InChI=1S/C22H21FN8O.H3N/c1-12(2)31-11-19(29-30-31)20-17(23)10-26-22(28-20)27-13-7-8-15(21(25)32)16(9-13)14-5-3-4-6-18(14)24;/h3-12H,24H2,1-2H3,(H2,25,32)(H,26,27,28);1H3. The van der Waals surface area contributed by atoms with Crippen molar-refractivity contribution < 1.29 is 9.18 Å². The Morgan fingerprint density at radius 1 is 1.15 bits per heavy atom. The maximum atomic E-state index is 14.4. The van der Waals surface area contributed by atoms with Crippen molar-refractivity contribution in [1.82, 2.24) is 31.1 Å². The number of para-hydroxylation sites is 1. The molecule has 0 unspecified atom stereocenters. The van der Waals surface area contributed by atoms with Crippen LogP contribution in [0.1, 0.15) is 30.2 Å². The van der Waals surface area contributed by atoms with Gasteiger partial charge in [0.25, 0.3) is 0 Å². The summed E-state index contributed by atoms with van der Waals surface area (Å²) in [6.07, 6.45) is 2.69. The highest BCUT2D eigenvalue weighted by molar-refractivity contribution is 6.02. The molecule has 4 rings (SSSR count). The molecule has 170 valence electrons. The molecule has 8 N–H and O–H groups in total. The predicted octanol–water partition coefficient (Wildman–Crippen LogP) is 3.71. The van der Waals surface area contributed by atoms with Crippen molar-refractivity contribution in [3.63, 3.8) is 0 Å². The van der Waals surface area contributed by atoms with Crippen LogP contribution < -0.4 is 22.9 Å². The second-order valence-corrected chi connectivity index (χ2v) is 7.40. The molecule has 0 radical (unpaired) electrons. The maximum Gasteiger partial charge on any atom is 0.249 e. The molecule has 0 fully saturated rings. The minimum Gasteiger partial charge on any atom is -0.398 e. The Morgan fingerprint density at radius 3 is 2.58 bits per heavy atom. The number of halogens is 1. The molecule has 0 aliphatic heterocycles. The third-order valence-electron chi connectivity index (χ3n) is 4.82. The number of rotatable bonds is 6. The van der Waals surface area contributed by atoms with E-state index >= 15 is 0 Å². The van der Waals surface area contributed by atoms with Crippen molar-refractivity contribution in [3.05, 3.63) is 66.2 Å². The van der Waals surface area contributed by atoms with E-state index in [1.54, 1.807) is 47.3 Å². The van der Waals surface area contributed by atoms with Crippen molar-refractivity contribution in [3.8, 4) is 22.5 Å². The van der Waals surface area contributed by atoms with Gasteiger partial charge in [0, 0.05) is 28.5 Å². The van der Waals surface area contributed by atoms with Crippen LogP contribution in [0.15, 0.2) is 54.9 Å². The Labute approximate surface area is 189 Å². The first-order valence-corrected chi connectivity index (χ1v) is 9.84. The number of anilines is 3. The van der Waals surface area contributed by atoms with E-state index in [1.165, 1.54) is 0 Å². The number of carbonyl (C=O) groups excluding carboxylic acids is 1. The average molecular weight is 449 g/mol. The number of hydrogen-bond acceptors (Lipinski definition) is 8. The molecule has 0 saturated carbocycles. The van der Waals surface area contributed by atoms with Crippen LogP contribution in [0.25, 0.3) is 22.5 Å². The fourth-order valence-corrected chi connectivity index (χ4v) is 3.18. The average Bonchev–Trinajstić information content (AvgIpc) is 3.26. The zero-order chi connectivity index (χ0) is 22.8. The summed E-state index contributed by atoms with van der Waals surface area (Å²) < 4.78 is 16.0. The minimum atomic E-state index is -0.617. The quantitative estimate of drug-likeness (QED) is 0.322. The fourth-order valence-electron chi connectivity index (χ4n) is 3.18. The molecule has 33 heavy (non-hydrogen) atoms. The summed E-state index contributed by atoms with van der Waals surface area (Å²) in [5, 5.41) is 11.0. The van der Waals surface area contributed by atoms with Crippen LogP contribution in [-0.2, 0) is 0 Å². The van der Waals surface area contributed by atoms with Crippen molar-refractivity contribution in [2.45, 2.75) is 19.9 Å². The van der Waals surface area contributed by atoms with Crippen molar-refractivity contribution in [2.75, 3.05) is 11.1 Å². The molecule has 0 aliphatic rings. The fraction of sp³-hybridized carbons (Fsp3) is 0.136. The van der Waals surface area contributed by atoms with Gasteiger partial charge in [0.1, 0.15) is 11.4 Å². The summed E-state index contributed by atoms with van der Waals surface area (Å²) in [5.74, 6) is -1.05. The second kappa shape index (κ2) is 9.40. The molecule has 2 aromatic carbocycles. The van der Waals surface area contributed by atoms with E-state index in [-0.39, 0.29) is 23.8 Å². The van der Waals surface area contributed by atoms with Gasteiger partial charge in [-0.05, 0) is 43.7 Å². The summed E-state index contributed by atoms with van der Waals surface area (Å²) >= 11 is 0. The van der Waals surface area contributed by atoms with Crippen LogP contribution in [-0.4, -0.2) is 30.9 Å². The van der Waals surface area contributed by atoms with E-state index in [9.17, 15) is 9.18 Å². The molecule has 4 aromatic rings. The van der Waals surface area contributed by atoms with Crippen LogP contribution in [0.2, 0.25) is 0 Å². The van der Waals surface area contributed by atoms with Crippen molar-refractivity contribution >= 4 is 23.2 Å². The number of benzene rings is 2. The first-order chi connectivity index (χ1) is 15.3.